The van der Waals surface area contributed by atoms with E-state index in [4.69, 9.17) is 0 Å². The summed E-state index contributed by atoms with van der Waals surface area (Å²) in [6.45, 7) is 8.17. The second kappa shape index (κ2) is 4.83. The van der Waals surface area contributed by atoms with Gasteiger partial charge < -0.3 is 0 Å². The van der Waals surface area contributed by atoms with Crippen LogP contribution in [0.3, 0.4) is 0 Å². The van der Waals surface area contributed by atoms with Crippen LogP contribution in [0.15, 0.2) is 4.36 Å². The minimum atomic E-state index is -1.80. The molecule has 0 aromatic rings. The molecule has 0 aliphatic carbocycles. The molecule has 1 saturated heterocycles. The number of hydrogen-bond donors (Lipinski definition) is 0. The third-order valence-corrected chi connectivity index (χ3v) is 5.59. The van der Waals surface area contributed by atoms with Crippen LogP contribution in [0, 0.1) is 0 Å². The molecule has 1 fully saturated rings. The largest absolute Gasteiger partial charge is 0.300 e. The summed E-state index contributed by atoms with van der Waals surface area (Å²) in [5, 5.41) is 0. The van der Waals surface area contributed by atoms with Gasteiger partial charge in [0.1, 0.15) is 0 Å². The highest BCUT2D eigenvalue weighted by Gasteiger charge is 2.18. The van der Waals surface area contributed by atoms with Crippen LogP contribution in [0.1, 0.15) is 33.6 Å². The topological polar surface area (TPSA) is 32.7 Å². The van der Waals surface area contributed by atoms with E-state index in [1.165, 1.54) is 0 Å². The molecule has 0 N–H and O–H groups in total. The van der Waals surface area contributed by atoms with Gasteiger partial charge in [-0.15, -0.1) is 0 Å². The summed E-state index contributed by atoms with van der Waals surface area (Å²) in [6.07, 6.45) is 2.19. The van der Waals surface area contributed by atoms with Crippen molar-refractivity contribution in [1.29, 1.82) is 0 Å². The zero-order chi connectivity index (χ0) is 11.5. The Kier molecular flexibility index (Phi) is 4.18. The number of hydrogen-bond acceptors (Lipinski definition) is 3. The van der Waals surface area contributed by atoms with Crippen LogP contribution in [-0.4, -0.2) is 46.3 Å². The zero-order valence-electron chi connectivity index (χ0n) is 10.5. The predicted octanol–water partition coefficient (Wildman–Crippen LogP) is 1.98. The van der Waals surface area contributed by atoms with Crippen LogP contribution in [0.2, 0.25) is 0 Å². The highest BCUT2D eigenvalue weighted by Crippen LogP contribution is 2.14. The summed E-state index contributed by atoms with van der Waals surface area (Å²) in [7, 11) is 0.298. The third-order valence-electron chi connectivity index (χ3n) is 3.08. The van der Waals surface area contributed by atoms with Crippen molar-refractivity contribution in [3.05, 3.63) is 0 Å². The fraction of sp³-hybridized carbons (Fsp3) is 1.00. The molecular weight excluding hydrogens is 208 g/mol. The van der Waals surface area contributed by atoms with Crippen LogP contribution in [-0.2, 0) is 9.73 Å². The van der Waals surface area contributed by atoms with E-state index in [0.29, 0.717) is 6.54 Å². The van der Waals surface area contributed by atoms with Gasteiger partial charge in [-0.05, 0) is 40.7 Å². The molecule has 0 aromatic heterocycles. The van der Waals surface area contributed by atoms with Crippen LogP contribution in [0.5, 0.6) is 0 Å². The molecule has 0 amide bonds. The summed E-state index contributed by atoms with van der Waals surface area (Å²) < 4.78 is 16.4. The first-order chi connectivity index (χ1) is 6.83. The SMILES string of the molecule is CN(CCN=S1(=O)CCCC1)C(C)(C)C. The molecule has 1 aliphatic rings. The van der Waals surface area contributed by atoms with Crippen molar-refractivity contribution in [1.82, 2.24) is 4.90 Å². The van der Waals surface area contributed by atoms with Crippen molar-refractivity contribution in [2.75, 3.05) is 31.6 Å². The molecule has 0 radical (unpaired) electrons. The van der Waals surface area contributed by atoms with E-state index in [9.17, 15) is 4.21 Å². The lowest BCUT2D eigenvalue weighted by molar-refractivity contribution is 0.181. The molecule has 0 unspecified atom stereocenters. The highest BCUT2D eigenvalue weighted by molar-refractivity contribution is 7.93. The maximum atomic E-state index is 12.0. The molecule has 4 heteroatoms. The number of likely N-dealkylation sites (N-methyl/N-ethyl adjacent to an activating group) is 1. The summed E-state index contributed by atoms with van der Waals surface area (Å²) >= 11 is 0. The van der Waals surface area contributed by atoms with Gasteiger partial charge in [0.2, 0.25) is 0 Å². The van der Waals surface area contributed by atoms with E-state index in [1.54, 1.807) is 0 Å². The zero-order valence-corrected chi connectivity index (χ0v) is 11.3. The fourth-order valence-corrected chi connectivity index (χ4v) is 3.77. The second-order valence-corrected chi connectivity index (χ2v) is 7.95. The number of nitrogens with zero attached hydrogens (tertiary/aromatic N) is 2. The van der Waals surface area contributed by atoms with Crippen molar-refractivity contribution in [2.24, 2.45) is 4.36 Å². The Morgan fingerprint density at radius 1 is 1.27 bits per heavy atom. The lowest BCUT2D eigenvalue weighted by atomic mass is 10.1. The van der Waals surface area contributed by atoms with E-state index >= 15 is 0 Å². The minimum Gasteiger partial charge on any atom is -0.300 e. The third kappa shape index (κ3) is 4.11. The van der Waals surface area contributed by atoms with E-state index in [-0.39, 0.29) is 5.54 Å². The molecule has 15 heavy (non-hydrogen) atoms. The average Bonchev–Trinajstić information content (AvgIpc) is 2.50. The molecule has 0 saturated carbocycles. The van der Waals surface area contributed by atoms with Gasteiger partial charge in [0.15, 0.2) is 0 Å². The smallest absolute Gasteiger partial charge is 0.0611 e. The van der Waals surface area contributed by atoms with Gasteiger partial charge in [-0.1, -0.05) is 0 Å². The Bertz CT molecular complexity index is 299. The van der Waals surface area contributed by atoms with Crippen molar-refractivity contribution >= 4 is 9.73 Å². The first-order valence-corrected chi connectivity index (χ1v) is 7.58. The van der Waals surface area contributed by atoms with E-state index < -0.39 is 9.73 Å². The molecule has 1 aliphatic heterocycles. The van der Waals surface area contributed by atoms with Crippen LogP contribution < -0.4 is 0 Å². The van der Waals surface area contributed by atoms with E-state index in [1.807, 2.05) is 0 Å². The highest BCUT2D eigenvalue weighted by atomic mass is 32.2. The summed E-state index contributed by atoms with van der Waals surface area (Å²) in [6, 6.07) is 0. The molecule has 1 heterocycles. The van der Waals surface area contributed by atoms with E-state index in [0.717, 1.165) is 30.9 Å². The summed E-state index contributed by atoms with van der Waals surface area (Å²) in [5.41, 5.74) is 0.177. The Morgan fingerprint density at radius 2 is 1.80 bits per heavy atom. The second-order valence-electron chi connectivity index (χ2n) is 5.33. The normalized spacial score (nSPS) is 20.9. The molecular formula is C11H24N2OS. The summed E-state index contributed by atoms with van der Waals surface area (Å²) in [4.78, 5) is 2.26. The minimum absolute atomic E-state index is 0.177. The molecule has 0 spiro atoms. The molecule has 0 aromatic carbocycles. The Hall–Kier alpha value is -0.0900. The first kappa shape index (κ1) is 13.0. The van der Waals surface area contributed by atoms with Crippen molar-refractivity contribution in [2.45, 2.75) is 39.2 Å². The Morgan fingerprint density at radius 3 is 2.27 bits per heavy atom. The van der Waals surface area contributed by atoms with Gasteiger partial charge in [0, 0.05) is 33.3 Å². The van der Waals surface area contributed by atoms with Crippen molar-refractivity contribution in [3.8, 4) is 0 Å². The van der Waals surface area contributed by atoms with Gasteiger partial charge >= 0.3 is 0 Å². The molecule has 90 valence electrons. The molecule has 0 atom stereocenters. The average molecular weight is 232 g/mol. The van der Waals surface area contributed by atoms with Gasteiger partial charge in [-0.3, -0.25) is 4.90 Å². The lowest BCUT2D eigenvalue weighted by Crippen LogP contribution is -2.39. The van der Waals surface area contributed by atoms with Crippen molar-refractivity contribution < 1.29 is 4.21 Å². The molecule has 3 nitrogen and oxygen atoms in total. The monoisotopic (exact) mass is 232 g/mol. The lowest BCUT2D eigenvalue weighted by Gasteiger charge is -2.31. The standard InChI is InChI=1S/C11H24N2OS/c1-11(2,3)13(4)8-7-12-15(14)9-5-6-10-15/h5-10H2,1-4H3. The first-order valence-electron chi connectivity index (χ1n) is 5.73. The van der Waals surface area contributed by atoms with Crippen LogP contribution in [0.4, 0.5) is 0 Å². The number of rotatable bonds is 3. The molecule has 0 bridgehead atoms. The molecule has 1 rings (SSSR count). The van der Waals surface area contributed by atoms with Crippen LogP contribution in [0.25, 0.3) is 0 Å². The van der Waals surface area contributed by atoms with Gasteiger partial charge in [0.25, 0.3) is 0 Å². The summed E-state index contributed by atoms with van der Waals surface area (Å²) in [5.74, 6) is 1.65. The Labute approximate surface area is 94.4 Å². The maximum absolute atomic E-state index is 12.0. The fourth-order valence-electron chi connectivity index (χ4n) is 1.58. The van der Waals surface area contributed by atoms with Crippen LogP contribution >= 0.6 is 0 Å². The van der Waals surface area contributed by atoms with Gasteiger partial charge in [-0.2, -0.15) is 0 Å². The van der Waals surface area contributed by atoms with E-state index in [2.05, 4.69) is 37.1 Å². The Balaban J connectivity index is 2.42. The van der Waals surface area contributed by atoms with Gasteiger partial charge in [-0.25, -0.2) is 8.57 Å². The van der Waals surface area contributed by atoms with Crippen molar-refractivity contribution in [3.63, 3.8) is 0 Å². The maximum Gasteiger partial charge on any atom is 0.0611 e. The quantitative estimate of drug-likeness (QED) is 0.745. The predicted molar refractivity (Wildman–Crippen MR) is 66.8 cm³/mol. The van der Waals surface area contributed by atoms with Gasteiger partial charge in [0.05, 0.1) is 6.54 Å².